The molecule has 0 saturated carbocycles. The first-order valence-electron chi connectivity index (χ1n) is 9.97. The molecule has 3 heterocycles. The summed E-state index contributed by atoms with van der Waals surface area (Å²) in [7, 11) is 0. The molecule has 0 bridgehead atoms. The number of hydrogen-bond acceptors (Lipinski definition) is 5. The van der Waals surface area contributed by atoms with E-state index in [1.807, 2.05) is 65.9 Å². The zero-order valence-electron chi connectivity index (χ0n) is 16.7. The molecule has 0 spiro atoms. The van der Waals surface area contributed by atoms with Crippen LogP contribution in [0.5, 0.6) is 5.88 Å². The monoisotopic (exact) mass is 391 g/mol. The molecule has 4 rings (SSSR count). The molecule has 3 aromatic rings. The highest BCUT2D eigenvalue weighted by Gasteiger charge is 2.25. The highest BCUT2D eigenvalue weighted by molar-refractivity contribution is 5.78. The van der Waals surface area contributed by atoms with Gasteiger partial charge in [-0.3, -0.25) is 9.36 Å². The van der Waals surface area contributed by atoms with Crippen molar-refractivity contribution in [2.24, 2.45) is 5.92 Å². The highest BCUT2D eigenvalue weighted by Crippen LogP contribution is 2.21. The Bertz CT molecular complexity index is 962. The Labute approximate surface area is 170 Å². The fourth-order valence-electron chi connectivity index (χ4n) is 3.47. The fraction of sp³-hybridized carbons (Fsp3) is 0.364. The Balaban J connectivity index is 1.41. The van der Waals surface area contributed by atoms with Crippen LogP contribution in [-0.4, -0.2) is 49.5 Å². The Hall–Kier alpha value is -3.22. The fourth-order valence-corrected chi connectivity index (χ4v) is 3.47. The van der Waals surface area contributed by atoms with E-state index in [2.05, 4.69) is 15.0 Å². The van der Waals surface area contributed by atoms with Crippen molar-refractivity contribution >= 4 is 5.91 Å². The maximum absolute atomic E-state index is 12.1. The first-order valence-corrected chi connectivity index (χ1v) is 9.97. The van der Waals surface area contributed by atoms with Crippen LogP contribution in [0.25, 0.3) is 17.1 Å². The Kier molecular flexibility index (Phi) is 5.55. The molecule has 0 N–H and O–H groups in total. The van der Waals surface area contributed by atoms with Gasteiger partial charge in [0.25, 0.3) is 0 Å². The lowest BCUT2D eigenvalue weighted by atomic mass is 10.1. The first-order chi connectivity index (χ1) is 14.1. The van der Waals surface area contributed by atoms with E-state index >= 15 is 0 Å². The standard InChI is InChI=1S/C22H25N5O2/c1-16(2)22(28)26-10-8-18(9-11-26)29-21-12-20(23-14-24-21)27-13-19(25-15-27)17-6-4-3-5-7-17/h3-7,12-16,18H,8-11H2,1-2H3. The van der Waals surface area contributed by atoms with Crippen molar-refractivity contribution < 1.29 is 9.53 Å². The van der Waals surface area contributed by atoms with Crippen molar-refractivity contribution in [2.75, 3.05) is 13.1 Å². The number of benzene rings is 1. The number of carbonyl (C=O) groups is 1. The van der Waals surface area contributed by atoms with Crippen LogP contribution >= 0.6 is 0 Å². The molecule has 1 aliphatic rings. The number of piperidine rings is 1. The van der Waals surface area contributed by atoms with Gasteiger partial charge < -0.3 is 9.64 Å². The number of ether oxygens (including phenoxy) is 1. The van der Waals surface area contributed by atoms with E-state index < -0.39 is 0 Å². The van der Waals surface area contributed by atoms with Crippen LogP contribution in [0.1, 0.15) is 26.7 Å². The zero-order chi connectivity index (χ0) is 20.2. The van der Waals surface area contributed by atoms with E-state index in [1.54, 1.807) is 6.33 Å². The van der Waals surface area contributed by atoms with Crippen LogP contribution in [-0.2, 0) is 4.79 Å². The SMILES string of the molecule is CC(C)C(=O)N1CCC(Oc2cc(-n3cnc(-c4ccccc4)c3)ncn2)CC1. The van der Waals surface area contributed by atoms with Gasteiger partial charge in [0, 0.05) is 49.7 Å². The van der Waals surface area contributed by atoms with Crippen molar-refractivity contribution in [1.82, 2.24) is 24.4 Å². The van der Waals surface area contributed by atoms with Gasteiger partial charge in [-0.25, -0.2) is 15.0 Å². The molecule has 1 amide bonds. The molecule has 0 unspecified atom stereocenters. The molecule has 0 radical (unpaired) electrons. The van der Waals surface area contributed by atoms with Gasteiger partial charge in [0.15, 0.2) is 0 Å². The zero-order valence-corrected chi connectivity index (χ0v) is 16.7. The van der Waals surface area contributed by atoms with Gasteiger partial charge >= 0.3 is 0 Å². The second-order valence-corrected chi connectivity index (χ2v) is 7.54. The van der Waals surface area contributed by atoms with E-state index in [1.165, 1.54) is 6.33 Å². The summed E-state index contributed by atoms with van der Waals surface area (Å²) in [6.45, 7) is 5.32. The van der Waals surface area contributed by atoms with E-state index in [9.17, 15) is 4.79 Å². The number of imidazole rings is 1. The normalized spacial score (nSPS) is 14.9. The average molecular weight is 391 g/mol. The predicted molar refractivity (Wildman–Crippen MR) is 110 cm³/mol. The van der Waals surface area contributed by atoms with E-state index in [-0.39, 0.29) is 17.9 Å². The Morgan fingerprint density at radius 2 is 1.86 bits per heavy atom. The number of aromatic nitrogens is 4. The second kappa shape index (κ2) is 8.43. The minimum absolute atomic E-state index is 0.0350. The van der Waals surface area contributed by atoms with Gasteiger partial charge in [-0.05, 0) is 0 Å². The predicted octanol–water partition coefficient (Wildman–Crippen LogP) is 3.36. The summed E-state index contributed by atoms with van der Waals surface area (Å²) in [4.78, 5) is 27.1. The lowest BCUT2D eigenvalue weighted by Gasteiger charge is -2.32. The molecule has 0 atom stereocenters. The van der Waals surface area contributed by atoms with E-state index in [0.29, 0.717) is 11.7 Å². The summed E-state index contributed by atoms with van der Waals surface area (Å²) in [5.74, 6) is 1.49. The maximum Gasteiger partial charge on any atom is 0.225 e. The summed E-state index contributed by atoms with van der Waals surface area (Å²) in [5, 5.41) is 0. The van der Waals surface area contributed by atoms with Gasteiger partial charge in [-0.2, -0.15) is 0 Å². The average Bonchev–Trinajstić information content (AvgIpc) is 3.25. The number of carbonyl (C=O) groups excluding carboxylic acids is 1. The quantitative estimate of drug-likeness (QED) is 0.667. The third kappa shape index (κ3) is 4.45. The number of amides is 1. The van der Waals surface area contributed by atoms with Gasteiger partial charge in [-0.15, -0.1) is 0 Å². The number of likely N-dealkylation sites (tertiary alicyclic amines) is 1. The number of nitrogens with zero attached hydrogens (tertiary/aromatic N) is 5. The second-order valence-electron chi connectivity index (χ2n) is 7.54. The Morgan fingerprint density at radius 3 is 2.59 bits per heavy atom. The van der Waals surface area contributed by atoms with Crippen LogP contribution in [0.15, 0.2) is 55.2 Å². The van der Waals surface area contributed by atoms with Crippen LogP contribution < -0.4 is 4.74 Å². The van der Waals surface area contributed by atoms with E-state index in [0.717, 1.165) is 37.2 Å². The smallest absolute Gasteiger partial charge is 0.225 e. The minimum atomic E-state index is 0.0350. The van der Waals surface area contributed by atoms with Gasteiger partial charge in [0.1, 0.15) is 24.6 Å². The van der Waals surface area contributed by atoms with Gasteiger partial charge in [-0.1, -0.05) is 44.2 Å². The first kappa shape index (κ1) is 19.1. The van der Waals surface area contributed by atoms with Crippen molar-refractivity contribution in [3.05, 3.63) is 55.2 Å². The molecular formula is C22H25N5O2. The number of hydrogen-bond donors (Lipinski definition) is 0. The maximum atomic E-state index is 12.1. The molecule has 29 heavy (non-hydrogen) atoms. The molecule has 1 aliphatic heterocycles. The molecule has 7 heteroatoms. The summed E-state index contributed by atoms with van der Waals surface area (Å²) >= 11 is 0. The third-order valence-corrected chi connectivity index (χ3v) is 5.08. The topological polar surface area (TPSA) is 73.1 Å². The summed E-state index contributed by atoms with van der Waals surface area (Å²) < 4.78 is 7.94. The summed E-state index contributed by atoms with van der Waals surface area (Å²) in [6.07, 6.45) is 6.85. The van der Waals surface area contributed by atoms with Crippen LogP contribution in [0, 0.1) is 5.92 Å². The molecule has 1 aromatic carbocycles. The molecular weight excluding hydrogens is 366 g/mol. The summed E-state index contributed by atoms with van der Waals surface area (Å²) in [5.41, 5.74) is 1.94. The molecule has 0 aliphatic carbocycles. The van der Waals surface area contributed by atoms with Crippen molar-refractivity contribution in [1.29, 1.82) is 0 Å². The van der Waals surface area contributed by atoms with Crippen molar-refractivity contribution in [3.8, 4) is 23.0 Å². The third-order valence-electron chi connectivity index (χ3n) is 5.08. The highest BCUT2D eigenvalue weighted by atomic mass is 16.5. The van der Waals surface area contributed by atoms with Crippen LogP contribution in [0.4, 0.5) is 0 Å². The molecule has 1 saturated heterocycles. The van der Waals surface area contributed by atoms with E-state index in [4.69, 9.17) is 4.74 Å². The molecule has 1 fully saturated rings. The minimum Gasteiger partial charge on any atom is -0.474 e. The number of rotatable bonds is 5. The van der Waals surface area contributed by atoms with Gasteiger partial charge in [0.2, 0.25) is 11.8 Å². The Morgan fingerprint density at radius 1 is 1.10 bits per heavy atom. The van der Waals surface area contributed by atoms with Crippen molar-refractivity contribution in [3.63, 3.8) is 0 Å². The van der Waals surface area contributed by atoms with Crippen LogP contribution in [0.3, 0.4) is 0 Å². The van der Waals surface area contributed by atoms with Crippen molar-refractivity contribution in [2.45, 2.75) is 32.8 Å². The lowest BCUT2D eigenvalue weighted by molar-refractivity contribution is -0.136. The lowest BCUT2D eigenvalue weighted by Crippen LogP contribution is -2.43. The molecule has 150 valence electrons. The molecule has 7 nitrogen and oxygen atoms in total. The van der Waals surface area contributed by atoms with Gasteiger partial charge in [0.05, 0.1) is 5.69 Å². The van der Waals surface area contributed by atoms with Crippen LogP contribution in [0.2, 0.25) is 0 Å². The largest absolute Gasteiger partial charge is 0.474 e. The summed E-state index contributed by atoms with van der Waals surface area (Å²) in [6, 6.07) is 11.8. The molecule has 2 aromatic heterocycles.